The minimum atomic E-state index is -0.273. The third-order valence-electron chi connectivity index (χ3n) is 7.82. The molecule has 4 rings (SSSR count). The van der Waals surface area contributed by atoms with Gasteiger partial charge in [-0.2, -0.15) is 0 Å². The van der Waals surface area contributed by atoms with E-state index in [1.165, 1.54) is 22.9 Å². The van der Waals surface area contributed by atoms with Gasteiger partial charge in [-0.1, -0.05) is 113 Å². The molecule has 0 aliphatic carbocycles. The lowest BCUT2D eigenvalue weighted by atomic mass is 10.1. The van der Waals surface area contributed by atoms with E-state index >= 15 is 0 Å². The summed E-state index contributed by atoms with van der Waals surface area (Å²) in [4.78, 5) is 19.8. The Hall–Kier alpha value is -3.58. The zero-order valence-corrected chi connectivity index (χ0v) is 29.7. The summed E-state index contributed by atoms with van der Waals surface area (Å²) in [6.45, 7) is 10.3. The van der Waals surface area contributed by atoms with Gasteiger partial charge in [0.05, 0.1) is 34.2 Å². The average molecular weight is 647 g/mol. The molecule has 0 radical (unpaired) electrons. The van der Waals surface area contributed by atoms with Gasteiger partial charge in [0.25, 0.3) is 0 Å². The Balaban J connectivity index is 1.39. The molecule has 0 amide bonds. The van der Waals surface area contributed by atoms with E-state index in [9.17, 15) is 0 Å². The van der Waals surface area contributed by atoms with Crippen molar-refractivity contribution in [2.75, 3.05) is 38.2 Å². The van der Waals surface area contributed by atoms with Gasteiger partial charge in [0, 0.05) is 13.1 Å². The van der Waals surface area contributed by atoms with E-state index in [2.05, 4.69) is 88.1 Å². The van der Waals surface area contributed by atoms with Crippen LogP contribution in [0.1, 0.15) is 40.0 Å². The van der Waals surface area contributed by atoms with Gasteiger partial charge in [-0.05, 0) is 100 Å². The predicted octanol–water partition coefficient (Wildman–Crippen LogP) is 9.89. The zero-order valence-electron chi connectivity index (χ0n) is 27.9. The van der Waals surface area contributed by atoms with Crippen molar-refractivity contribution in [3.63, 3.8) is 0 Å². The summed E-state index contributed by atoms with van der Waals surface area (Å²) >= 11 is 0. The van der Waals surface area contributed by atoms with Crippen LogP contribution >= 0.6 is 15.8 Å². The molecule has 0 saturated carbocycles. The van der Waals surface area contributed by atoms with E-state index < -0.39 is 0 Å². The van der Waals surface area contributed by atoms with Crippen LogP contribution in [0.15, 0.2) is 141 Å². The Bertz CT molecular complexity index is 1570. The van der Waals surface area contributed by atoms with Crippen molar-refractivity contribution in [3.05, 3.63) is 121 Å². The molecular weight excluding hydrogens is 598 g/mol. The molecule has 2 atom stereocenters. The molecule has 0 aromatic heterocycles. The van der Waals surface area contributed by atoms with Crippen molar-refractivity contribution < 1.29 is 0 Å². The first-order valence-electron chi connectivity index (χ1n) is 16.4. The van der Waals surface area contributed by atoms with Gasteiger partial charge in [0.1, 0.15) is 0 Å². The number of hydrogen-bond acceptors (Lipinski definition) is 4. The van der Waals surface area contributed by atoms with E-state index in [0.29, 0.717) is 0 Å². The molecule has 0 N–H and O–H groups in total. The molecule has 6 heteroatoms. The molecule has 0 saturated heterocycles. The molecular formula is C40H48N4P2. The maximum Gasteiger partial charge on any atom is 0.0633 e. The zero-order chi connectivity index (χ0) is 32.4. The number of benzene rings is 4. The molecule has 4 aromatic rings. The quantitative estimate of drug-likeness (QED) is 0.0623. The standard InChI is InChI=1S/C40H48N4P2/c1-5-41-39(28-30-46(38-25-16-9-17-26-38)32-31-45(4)37-23-14-8-15-24-37)33(2)42-29-18-27-40(44-36-21-12-7-13-22-36)34(3)43-35-19-10-6-11-20-35/h6-17,19-26H,5,18,27-32H2,1-4H3. The van der Waals surface area contributed by atoms with Crippen LogP contribution in [0.25, 0.3) is 0 Å². The molecule has 238 valence electrons. The van der Waals surface area contributed by atoms with E-state index in [-0.39, 0.29) is 15.8 Å². The maximum absolute atomic E-state index is 5.03. The third kappa shape index (κ3) is 12.0. The lowest BCUT2D eigenvalue weighted by molar-refractivity contribution is 0.881. The Labute approximate surface area is 279 Å². The molecule has 2 unspecified atom stereocenters. The SMILES string of the molecule is CCN=C(CCP(CCP(C)c1ccccc1)c1ccccc1)C(C)=NCCCC(=Nc1ccccc1)C(C)=Nc1ccccc1. The fourth-order valence-electron chi connectivity index (χ4n) is 5.22. The second kappa shape index (κ2) is 19.8. The lowest BCUT2D eigenvalue weighted by Crippen LogP contribution is -2.17. The summed E-state index contributed by atoms with van der Waals surface area (Å²) in [5, 5.41) is 2.99. The first-order chi connectivity index (χ1) is 22.5. The normalized spacial score (nSPS) is 14.3. The largest absolute Gasteiger partial charge is 0.288 e. The van der Waals surface area contributed by atoms with Crippen LogP contribution in [0.4, 0.5) is 11.4 Å². The first-order valence-corrected chi connectivity index (χ1v) is 20.1. The van der Waals surface area contributed by atoms with Crippen molar-refractivity contribution >= 4 is 60.7 Å². The molecule has 0 fully saturated rings. The van der Waals surface area contributed by atoms with Gasteiger partial charge in [-0.25, -0.2) is 0 Å². The van der Waals surface area contributed by atoms with E-state index in [1.807, 2.05) is 60.7 Å². The van der Waals surface area contributed by atoms with Crippen molar-refractivity contribution in [1.82, 2.24) is 0 Å². The van der Waals surface area contributed by atoms with Crippen molar-refractivity contribution in [3.8, 4) is 0 Å². The van der Waals surface area contributed by atoms with E-state index in [4.69, 9.17) is 20.0 Å². The Kier molecular flexibility index (Phi) is 15.2. The maximum atomic E-state index is 5.03. The smallest absolute Gasteiger partial charge is 0.0633 e. The summed E-state index contributed by atoms with van der Waals surface area (Å²) in [6, 6.07) is 42.4. The van der Waals surface area contributed by atoms with Crippen molar-refractivity contribution in [1.29, 1.82) is 0 Å². The summed E-state index contributed by atoms with van der Waals surface area (Å²) in [6.07, 6.45) is 6.34. The van der Waals surface area contributed by atoms with Crippen LogP contribution in [0.3, 0.4) is 0 Å². The number of para-hydroxylation sites is 2. The minimum Gasteiger partial charge on any atom is -0.288 e. The molecule has 46 heavy (non-hydrogen) atoms. The van der Waals surface area contributed by atoms with Crippen LogP contribution in [0, 0.1) is 0 Å². The fourth-order valence-corrected chi connectivity index (χ4v) is 10.1. The Morgan fingerprint density at radius 3 is 1.67 bits per heavy atom. The highest BCUT2D eigenvalue weighted by Crippen LogP contribution is 2.40. The van der Waals surface area contributed by atoms with Crippen molar-refractivity contribution in [2.45, 2.75) is 40.0 Å². The topological polar surface area (TPSA) is 49.4 Å². The fraction of sp³-hybridized carbons (Fsp3) is 0.300. The van der Waals surface area contributed by atoms with Gasteiger partial charge in [0.15, 0.2) is 0 Å². The lowest BCUT2D eigenvalue weighted by Gasteiger charge is -2.21. The van der Waals surface area contributed by atoms with Crippen LogP contribution in [0.5, 0.6) is 0 Å². The molecule has 4 nitrogen and oxygen atoms in total. The summed E-state index contributed by atoms with van der Waals surface area (Å²) in [5.74, 6) is 0. The van der Waals surface area contributed by atoms with Crippen LogP contribution in [-0.2, 0) is 0 Å². The minimum absolute atomic E-state index is 0.151. The van der Waals surface area contributed by atoms with Gasteiger partial charge in [0.2, 0.25) is 0 Å². The Morgan fingerprint density at radius 2 is 1.09 bits per heavy atom. The predicted molar refractivity (Wildman–Crippen MR) is 209 cm³/mol. The van der Waals surface area contributed by atoms with Gasteiger partial charge in [-0.3, -0.25) is 20.0 Å². The summed E-state index contributed by atoms with van der Waals surface area (Å²) in [7, 11) is -0.424. The second-order valence-electron chi connectivity index (χ2n) is 11.2. The summed E-state index contributed by atoms with van der Waals surface area (Å²) < 4.78 is 0. The molecule has 0 aliphatic heterocycles. The Morgan fingerprint density at radius 1 is 0.543 bits per heavy atom. The molecule has 0 aliphatic rings. The van der Waals surface area contributed by atoms with Crippen LogP contribution < -0.4 is 10.6 Å². The summed E-state index contributed by atoms with van der Waals surface area (Å²) in [5.41, 5.74) is 6.08. The number of rotatable bonds is 17. The van der Waals surface area contributed by atoms with Crippen LogP contribution in [-0.4, -0.2) is 61.1 Å². The average Bonchev–Trinajstić information content (AvgIpc) is 3.10. The number of hydrogen-bond donors (Lipinski definition) is 0. The van der Waals surface area contributed by atoms with Gasteiger partial charge in [-0.15, -0.1) is 0 Å². The van der Waals surface area contributed by atoms with Gasteiger partial charge >= 0.3 is 0 Å². The molecule has 0 bridgehead atoms. The highest BCUT2D eigenvalue weighted by Gasteiger charge is 2.16. The highest BCUT2D eigenvalue weighted by atomic mass is 31.1. The second-order valence-corrected chi connectivity index (χ2v) is 16.1. The van der Waals surface area contributed by atoms with Crippen molar-refractivity contribution in [2.24, 2.45) is 20.0 Å². The number of nitrogens with zero attached hydrogens (tertiary/aromatic N) is 4. The van der Waals surface area contributed by atoms with Crippen LogP contribution in [0.2, 0.25) is 0 Å². The highest BCUT2D eigenvalue weighted by molar-refractivity contribution is 7.69. The molecule has 4 aromatic carbocycles. The van der Waals surface area contributed by atoms with E-state index in [1.54, 1.807) is 0 Å². The third-order valence-corrected chi connectivity index (χ3v) is 12.8. The monoisotopic (exact) mass is 646 g/mol. The number of aliphatic imine (C=N–C) groups is 4. The molecule has 0 spiro atoms. The molecule has 0 heterocycles. The first kappa shape index (κ1) is 35.3. The van der Waals surface area contributed by atoms with Gasteiger partial charge < -0.3 is 0 Å². The van der Waals surface area contributed by atoms with E-state index in [0.717, 1.165) is 72.7 Å².